The molecule has 1 aromatic heterocycles. The van der Waals surface area contributed by atoms with Gasteiger partial charge in [-0.05, 0) is 31.6 Å². The van der Waals surface area contributed by atoms with Crippen molar-refractivity contribution >= 4 is 11.5 Å². The number of esters is 1. The van der Waals surface area contributed by atoms with Gasteiger partial charge in [-0.3, -0.25) is 4.98 Å². The van der Waals surface area contributed by atoms with Crippen molar-refractivity contribution in [3.05, 3.63) is 36.2 Å². The summed E-state index contributed by atoms with van der Waals surface area (Å²) < 4.78 is 4.79. The highest BCUT2D eigenvalue weighted by Crippen LogP contribution is 2.09. The maximum Gasteiger partial charge on any atom is 0.331 e. The Hall–Kier alpha value is -1.64. The normalized spacial score (nSPS) is 11.1. The summed E-state index contributed by atoms with van der Waals surface area (Å²) in [5, 5.41) is 0. The molecule has 0 aliphatic heterocycles. The van der Waals surface area contributed by atoms with Gasteiger partial charge < -0.3 is 4.74 Å². The summed E-state index contributed by atoms with van der Waals surface area (Å²) in [6.45, 7) is 4.01. The number of hydrogen-bond acceptors (Lipinski definition) is 3. The van der Waals surface area contributed by atoms with E-state index in [0.29, 0.717) is 6.61 Å². The van der Waals surface area contributed by atoms with Gasteiger partial charge in [0.15, 0.2) is 0 Å². The first-order valence-electron chi connectivity index (χ1n) is 4.50. The van der Waals surface area contributed by atoms with Gasteiger partial charge in [0, 0.05) is 12.3 Å². The Morgan fingerprint density at radius 1 is 1.57 bits per heavy atom. The zero-order valence-electron chi connectivity index (χ0n) is 8.36. The van der Waals surface area contributed by atoms with E-state index in [-0.39, 0.29) is 5.97 Å². The van der Waals surface area contributed by atoms with E-state index in [1.165, 1.54) is 6.08 Å². The van der Waals surface area contributed by atoms with Gasteiger partial charge in [-0.2, -0.15) is 0 Å². The Kier molecular flexibility index (Phi) is 3.85. The second-order valence-electron chi connectivity index (χ2n) is 2.79. The molecule has 0 bridgehead atoms. The minimum atomic E-state index is -0.323. The molecular formula is C11H13NO2. The lowest BCUT2D eigenvalue weighted by Crippen LogP contribution is -2.00. The van der Waals surface area contributed by atoms with Crippen molar-refractivity contribution in [2.45, 2.75) is 13.8 Å². The van der Waals surface area contributed by atoms with E-state index in [9.17, 15) is 4.79 Å². The highest BCUT2D eigenvalue weighted by molar-refractivity contribution is 5.90. The number of carbonyl (C=O) groups excluding carboxylic acids is 1. The van der Waals surface area contributed by atoms with Crippen LogP contribution >= 0.6 is 0 Å². The van der Waals surface area contributed by atoms with Gasteiger partial charge in [0.25, 0.3) is 0 Å². The molecule has 1 heterocycles. The van der Waals surface area contributed by atoms with Crippen LogP contribution in [0, 0.1) is 0 Å². The van der Waals surface area contributed by atoms with Crippen LogP contribution in [-0.4, -0.2) is 17.6 Å². The highest BCUT2D eigenvalue weighted by atomic mass is 16.5. The molecule has 0 fully saturated rings. The van der Waals surface area contributed by atoms with E-state index in [1.807, 2.05) is 25.1 Å². The number of aromatic nitrogens is 1. The topological polar surface area (TPSA) is 39.2 Å². The van der Waals surface area contributed by atoms with Crippen molar-refractivity contribution in [2.75, 3.05) is 6.61 Å². The summed E-state index contributed by atoms with van der Waals surface area (Å²) in [5.74, 6) is -0.323. The molecule has 3 heteroatoms. The van der Waals surface area contributed by atoms with Crippen molar-refractivity contribution in [1.82, 2.24) is 4.98 Å². The quantitative estimate of drug-likeness (QED) is 0.542. The third kappa shape index (κ3) is 3.01. The fourth-order valence-corrected chi connectivity index (χ4v) is 1.03. The lowest BCUT2D eigenvalue weighted by molar-refractivity contribution is -0.137. The van der Waals surface area contributed by atoms with Crippen LogP contribution in [0.3, 0.4) is 0 Å². The van der Waals surface area contributed by atoms with Gasteiger partial charge in [-0.15, -0.1) is 0 Å². The van der Waals surface area contributed by atoms with Crippen LogP contribution in [-0.2, 0) is 9.53 Å². The summed E-state index contributed by atoms with van der Waals surface area (Å²) in [4.78, 5) is 15.2. The summed E-state index contributed by atoms with van der Waals surface area (Å²) in [5.41, 5.74) is 1.60. The van der Waals surface area contributed by atoms with Crippen LogP contribution in [0.2, 0.25) is 0 Å². The molecule has 0 saturated heterocycles. The molecule has 0 N–H and O–H groups in total. The van der Waals surface area contributed by atoms with Gasteiger partial charge in [0.2, 0.25) is 0 Å². The molecule has 0 unspecified atom stereocenters. The Morgan fingerprint density at radius 2 is 2.36 bits per heavy atom. The van der Waals surface area contributed by atoms with Crippen molar-refractivity contribution in [3.63, 3.8) is 0 Å². The molecular weight excluding hydrogens is 178 g/mol. The summed E-state index contributed by atoms with van der Waals surface area (Å²) >= 11 is 0. The lowest BCUT2D eigenvalue weighted by atomic mass is 10.2. The van der Waals surface area contributed by atoms with Gasteiger partial charge in [0.05, 0.1) is 12.3 Å². The largest absolute Gasteiger partial charge is 0.463 e. The van der Waals surface area contributed by atoms with Crippen LogP contribution in [0.4, 0.5) is 0 Å². The number of carbonyl (C=O) groups is 1. The first-order valence-corrected chi connectivity index (χ1v) is 4.50. The second-order valence-corrected chi connectivity index (χ2v) is 2.79. The molecule has 0 radical (unpaired) electrons. The van der Waals surface area contributed by atoms with Gasteiger partial charge in [-0.1, -0.05) is 6.07 Å². The van der Waals surface area contributed by atoms with Crippen LogP contribution in [0.1, 0.15) is 19.5 Å². The molecule has 0 saturated carbocycles. The predicted molar refractivity (Wildman–Crippen MR) is 54.5 cm³/mol. The summed E-state index contributed by atoms with van der Waals surface area (Å²) in [6, 6.07) is 5.57. The maximum atomic E-state index is 11.1. The van der Waals surface area contributed by atoms with Gasteiger partial charge >= 0.3 is 5.97 Å². The molecule has 1 rings (SSSR count). The van der Waals surface area contributed by atoms with E-state index >= 15 is 0 Å². The minimum Gasteiger partial charge on any atom is -0.463 e. The number of allylic oxidation sites excluding steroid dienone is 1. The predicted octanol–water partition coefficient (Wildman–Crippen LogP) is 2.05. The molecule has 0 amide bonds. The minimum absolute atomic E-state index is 0.323. The molecule has 74 valence electrons. The smallest absolute Gasteiger partial charge is 0.331 e. The molecule has 0 spiro atoms. The van der Waals surface area contributed by atoms with E-state index < -0.39 is 0 Å². The Labute approximate surface area is 83.4 Å². The van der Waals surface area contributed by atoms with Gasteiger partial charge in [0.1, 0.15) is 0 Å². The third-order valence-electron chi connectivity index (χ3n) is 1.69. The monoisotopic (exact) mass is 191 g/mol. The lowest BCUT2D eigenvalue weighted by Gasteiger charge is -2.00. The zero-order chi connectivity index (χ0) is 10.4. The Morgan fingerprint density at radius 3 is 2.93 bits per heavy atom. The Bertz CT molecular complexity index is 330. The fourth-order valence-electron chi connectivity index (χ4n) is 1.03. The number of hydrogen-bond donors (Lipinski definition) is 0. The first-order chi connectivity index (χ1) is 6.74. The van der Waals surface area contributed by atoms with Crippen molar-refractivity contribution < 1.29 is 9.53 Å². The Balaban J connectivity index is 2.75. The molecule has 0 aromatic carbocycles. The van der Waals surface area contributed by atoms with E-state index in [4.69, 9.17) is 4.74 Å². The molecule has 0 aliphatic carbocycles. The maximum absolute atomic E-state index is 11.1. The number of rotatable bonds is 3. The average Bonchev–Trinajstić information content (AvgIpc) is 2.19. The van der Waals surface area contributed by atoms with Crippen molar-refractivity contribution in [3.8, 4) is 0 Å². The zero-order valence-corrected chi connectivity index (χ0v) is 8.36. The first kappa shape index (κ1) is 10.4. The van der Waals surface area contributed by atoms with Crippen LogP contribution in [0.15, 0.2) is 30.5 Å². The van der Waals surface area contributed by atoms with E-state index in [1.54, 1.807) is 13.1 Å². The molecule has 0 atom stereocenters. The van der Waals surface area contributed by atoms with Crippen LogP contribution in [0.25, 0.3) is 5.57 Å². The third-order valence-corrected chi connectivity index (χ3v) is 1.69. The van der Waals surface area contributed by atoms with Crippen LogP contribution < -0.4 is 0 Å². The highest BCUT2D eigenvalue weighted by Gasteiger charge is 2.00. The molecule has 14 heavy (non-hydrogen) atoms. The molecule has 0 aliphatic rings. The SMILES string of the molecule is CCOC(=O)/C=C(\C)c1ccccn1. The number of pyridine rings is 1. The van der Waals surface area contributed by atoms with E-state index in [0.717, 1.165) is 11.3 Å². The summed E-state index contributed by atoms with van der Waals surface area (Å²) in [6.07, 6.45) is 3.14. The second kappa shape index (κ2) is 5.17. The van der Waals surface area contributed by atoms with Crippen LogP contribution in [0.5, 0.6) is 0 Å². The molecule has 3 nitrogen and oxygen atoms in total. The standard InChI is InChI=1S/C11H13NO2/c1-3-14-11(13)8-9(2)10-6-4-5-7-12-10/h4-8H,3H2,1-2H3/b9-8+. The van der Waals surface area contributed by atoms with Crippen molar-refractivity contribution in [2.24, 2.45) is 0 Å². The number of ether oxygens (including phenoxy) is 1. The number of nitrogens with zero attached hydrogens (tertiary/aromatic N) is 1. The average molecular weight is 191 g/mol. The van der Waals surface area contributed by atoms with Crippen molar-refractivity contribution in [1.29, 1.82) is 0 Å². The fraction of sp³-hybridized carbons (Fsp3) is 0.273. The van der Waals surface area contributed by atoms with Gasteiger partial charge in [-0.25, -0.2) is 4.79 Å². The molecule has 1 aromatic rings. The van der Waals surface area contributed by atoms with E-state index in [2.05, 4.69) is 4.98 Å². The summed E-state index contributed by atoms with van der Waals surface area (Å²) in [7, 11) is 0.